The number of ether oxygens (including phenoxy) is 1. The SMILES string of the molecule is Cc1ccc(S(=O)(=O)OC[C@@H]2C[C@@](CO)(OS(=O)(=O)c3ccc(C)cc3)C(=O)O2)cc1. The highest BCUT2D eigenvalue weighted by molar-refractivity contribution is 7.87. The number of carbonyl (C=O) groups excluding carboxylic acids is 1. The van der Waals surface area contributed by atoms with Crippen LogP contribution in [0.5, 0.6) is 0 Å². The Morgan fingerprint density at radius 2 is 1.42 bits per heavy atom. The van der Waals surface area contributed by atoms with Crippen molar-refractivity contribution in [2.45, 2.75) is 41.8 Å². The van der Waals surface area contributed by atoms with Crippen LogP contribution in [0.4, 0.5) is 0 Å². The van der Waals surface area contributed by atoms with Gasteiger partial charge in [0.2, 0.25) is 5.60 Å². The van der Waals surface area contributed by atoms with Gasteiger partial charge in [-0.1, -0.05) is 35.4 Å². The second-order valence-electron chi connectivity index (χ2n) is 7.29. The zero-order valence-electron chi connectivity index (χ0n) is 16.8. The Bertz CT molecular complexity index is 1150. The number of aliphatic hydroxyl groups excluding tert-OH is 1. The molecular weight excluding hydrogens is 448 g/mol. The van der Waals surface area contributed by atoms with Gasteiger partial charge in [-0.3, -0.25) is 4.18 Å². The molecule has 0 unspecified atom stereocenters. The monoisotopic (exact) mass is 470 g/mol. The molecule has 1 aliphatic heterocycles. The van der Waals surface area contributed by atoms with Crippen LogP contribution in [0.25, 0.3) is 0 Å². The van der Waals surface area contributed by atoms with Crippen LogP contribution >= 0.6 is 0 Å². The van der Waals surface area contributed by atoms with E-state index in [1.165, 1.54) is 24.3 Å². The number of cyclic esters (lactones) is 1. The van der Waals surface area contributed by atoms with E-state index in [0.717, 1.165) is 11.1 Å². The summed E-state index contributed by atoms with van der Waals surface area (Å²) in [6.07, 6.45) is -1.54. The van der Waals surface area contributed by atoms with Crippen molar-refractivity contribution in [3.8, 4) is 0 Å². The summed E-state index contributed by atoms with van der Waals surface area (Å²) in [5, 5.41) is 9.74. The quantitative estimate of drug-likeness (QED) is 0.449. The first-order valence-corrected chi connectivity index (χ1v) is 12.1. The maximum absolute atomic E-state index is 12.6. The molecule has 1 saturated heterocycles. The number of benzene rings is 2. The molecule has 2 aromatic rings. The first-order valence-electron chi connectivity index (χ1n) is 9.28. The number of hydrogen-bond acceptors (Lipinski definition) is 9. The number of aliphatic hydroxyl groups is 1. The van der Waals surface area contributed by atoms with E-state index in [4.69, 9.17) is 13.1 Å². The van der Waals surface area contributed by atoms with Crippen LogP contribution in [0.2, 0.25) is 0 Å². The highest BCUT2D eigenvalue weighted by atomic mass is 32.2. The van der Waals surface area contributed by atoms with E-state index in [1.807, 2.05) is 0 Å². The average molecular weight is 471 g/mol. The van der Waals surface area contributed by atoms with E-state index < -0.39 is 57.5 Å². The third kappa shape index (κ3) is 5.13. The molecule has 0 amide bonds. The summed E-state index contributed by atoms with van der Waals surface area (Å²) in [7, 11) is -8.52. The maximum Gasteiger partial charge on any atom is 0.342 e. The van der Waals surface area contributed by atoms with Gasteiger partial charge in [0.15, 0.2) is 0 Å². The average Bonchev–Trinajstić information content (AvgIpc) is 3.02. The molecule has 2 atom stereocenters. The smallest absolute Gasteiger partial charge is 0.342 e. The second kappa shape index (κ2) is 8.67. The van der Waals surface area contributed by atoms with Crippen molar-refractivity contribution in [1.82, 2.24) is 0 Å². The van der Waals surface area contributed by atoms with Gasteiger partial charge in [0.1, 0.15) is 12.7 Å². The molecule has 1 heterocycles. The fourth-order valence-corrected chi connectivity index (χ4v) is 5.08. The zero-order valence-corrected chi connectivity index (χ0v) is 18.5. The van der Waals surface area contributed by atoms with Crippen molar-refractivity contribution in [2.24, 2.45) is 0 Å². The topological polar surface area (TPSA) is 133 Å². The molecule has 1 aliphatic rings. The van der Waals surface area contributed by atoms with Gasteiger partial charge < -0.3 is 9.84 Å². The lowest BCUT2D eigenvalue weighted by atomic mass is 10.0. The first kappa shape index (κ1) is 23.4. The normalized spacial score (nSPS) is 21.8. The Morgan fingerprint density at radius 1 is 0.935 bits per heavy atom. The molecule has 0 aromatic heterocycles. The molecule has 0 saturated carbocycles. The van der Waals surface area contributed by atoms with Crippen molar-refractivity contribution in [3.63, 3.8) is 0 Å². The minimum Gasteiger partial charge on any atom is -0.457 e. The summed E-state index contributed by atoms with van der Waals surface area (Å²) in [5.74, 6) is -1.12. The molecule has 0 bridgehead atoms. The van der Waals surface area contributed by atoms with Gasteiger partial charge in [-0.25, -0.2) is 8.98 Å². The van der Waals surface area contributed by atoms with Gasteiger partial charge in [-0.05, 0) is 38.1 Å². The summed E-state index contributed by atoms with van der Waals surface area (Å²) in [5.41, 5.74) is -0.503. The molecule has 11 heteroatoms. The number of carbonyl (C=O) groups is 1. The molecule has 0 radical (unpaired) electrons. The Balaban J connectivity index is 1.72. The molecular formula is C20H22O9S2. The van der Waals surface area contributed by atoms with E-state index >= 15 is 0 Å². The van der Waals surface area contributed by atoms with Gasteiger partial charge >= 0.3 is 5.97 Å². The predicted octanol–water partition coefficient (Wildman–Crippen LogP) is 1.46. The third-order valence-corrected chi connectivity index (χ3v) is 7.44. The van der Waals surface area contributed by atoms with Crippen molar-refractivity contribution >= 4 is 26.2 Å². The number of esters is 1. The van der Waals surface area contributed by atoms with Crippen LogP contribution in [0, 0.1) is 13.8 Å². The highest BCUT2D eigenvalue weighted by Gasteiger charge is 2.53. The van der Waals surface area contributed by atoms with Gasteiger partial charge in [0.25, 0.3) is 20.2 Å². The van der Waals surface area contributed by atoms with Crippen molar-refractivity contribution < 1.29 is 39.8 Å². The van der Waals surface area contributed by atoms with E-state index in [-0.39, 0.29) is 9.79 Å². The summed E-state index contributed by atoms with van der Waals surface area (Å²) in [6, 6.07) is 11.7. The second-order valence-corrected chi connectivity index (χ2v) is 10.4. The largest absolute Gasteiger partial charge is 0.457 e. The van der Waals surface area contributed by atoms with E-state index in [0.29, 0.717) is 0 Å². The van der Waals surface area contributed by atoms with Crippen LogP contribution < -0.4 is 0 Å². The van der Waals surface area contributed by atoms with Gasteiger partial charge in [-0.2, -0.15) is 16.8 Å². The third-order valence-electron chi connectivity index (χ3n) is 4.76. The lowest BCUT2D eigenvalue weighted by Gasteiger charge is -2.22. The Labute approximate surface area is 180 Å². The van der Waals surface area contributed by atoms with Crippen molar-refractivity contribution in [2.75, 3.05) is 13.2 Å². The van der Waals surface area contributed by atoms with Gasteiger partial charge in [-0.15, -0.1) is 0 Å². The maximum atomic E-state index is 12.6. The molecule has 2 aromatic carbocycles. The van der Waals surface area contributed by atoms with Gasteiger partial charge in [0.05, 0.1) is 16.4 Å². The Hall–Kier alpha value is -2.31. The lowest BCUT2D eigenvalue weighted by Crippen LogP contribution is -2.43. The Kier molecular flexibility index (Phi) is 6.53. The molecule has 0 spiro atoms. The summed E-state index contributed by atoms with van der Waals surface area (Å²) in [6.45, 7) is 2.04. The molecule has 0 aliphatic carbocycles. The Morgan fingerprint density at radius 3 is 1.90 bits per heavy atom. The van der Waals surface area contributed by atoms with Crippen LogP contribution in [-0.2, 0) is 38.1 Å². The zero-order chi connectivity index (χ0) is 22.9. The molecule has 1 N–H and O–H groups in total. The van der Waals surface area contributed by atoms with Gasteiger partial charge in [0, 0.05) is 6.42 Å². The fraction of sp³-hybridized carbons (Fsp3) is 0.350. The molecule has 31 heavy (non-hydrogen) atoms. The minimum absolute atomic E-state index is 0.0750. The van der Waals surface area contributed by atoms with E-state index in [1.54, 1.807) is 38.1 Å². The lowest BCUT2D eigenvalue weighted by molar-refractivity contribution is -0.155. The summed E-state index contributed by atoms with van der Waals surface area (Å²) in [4.78, 5) is 12.1. The van der Waals surface area contributed by atoms with Crippen LogP contribution in [0.3, 0.4) is 0 Å². The first-order chi connectivity index (χ1) is 14.5. The molecule has 168 valence electrons. The van der Waals surface area contributed by atoms with Crippen molar-refractivity contribution in [3.05, 3.63) is 59.7 Å². The standard InChI is InChI=1S/C20H22O9S2/c1-14-3-7-17(8-4-14)30(23,24)27-12-16-11-20(13-21,19(22)28-16)29-31(25,26)18-9-5-15(2)6-10-18/h3-10,16,21H,11-13H2,1-2H3/t16-,20-/m0/s1. The van der Waals surface area contributed by atoms with Crippen LogP contribution in [0.15, 0.2) is 58.3 Å². The molecule has 3 rings (SSSR count). The van der Waals surface area contributed by atoms with E-state index in [2.05, 4.69) is 0 Å². The number of rotatable bonds is 8. The highest BCUT2D eigenvalue weighted by Crippen LogP contribution is 2.33. The molecule has 9 nitrogen and oxygen atoms in total. The van der Waals surface area contributed by atoms with Crippen molar-refractivity contribution in [1.29, 1.82) is 0 Å². The summed E-state index contributed by atoms with van der Waals surface area (Å²) < 4.78 is 64.9. The van der Waals surface area contributed by atoms with E-state index in [9.17, 15) is 26.7 Å². The van der Waals surface area contributed by atoms with Crippen LogP contribution in [0.1, 0.15) is 17.5 Å². The summed E-state index contributed by atoms with van der Waals surface area (Å²) >= 11 is 0. The number of aryl methyl sites for hydroxylation is 2. The molecule has 1 fully saturated rings. The fourth-order valence-electron chi connectivity index (χ4n) is 2.97. The predicted molar refractivity (Wildman–Crippen MR) is 108 cm³/mol. The minimum atomic E-state index is -4.40. The van der Waals surface area contributed by atoms with Crippen LogP contribution in [-0.4, -0.2) is 52.8 Å². The number of hydrogen-bond donors (Lipinski definition) is 1.